The van der Waals surface area contributed by atoms with Crippen molar-refractivity contribution in [3.8, 4) is 0 Å². The van der Waals surface area contributed by atoms with Crippen LogP contribution in [0.5, 0.6) is 0 Å². The molecular weight excluding hydrogens is 326 g/mol. The minimum Gasteiger partial charge on any atom is -0.306 e. The fourth-order valence-corrected chi connectivity index (χ4v) is 4.39. The lowest BCUT2D eigenvalue weighted by Gasteiger charge is -2.12. The minimum atomic E-state index is -3.67. The van der Waals surface area contributed by atoms with Crippen molar-refractivity contribution < 1.29 is 8.42 Å². The first kappa shape index (κ1) is 15.0. The largest absolute Gasteiger partial charge is 0.323 e. The Kier molecular flexibility index (Phi) is 3.28. The third kappa shape index (κ3) is 2.50. The number of fused-ring (bicyclic) bond motifs is 2. The number of rotatable bonds is 3. The first-order valence-electron chi connectivity index (χ1n) is 7.80. The highest BCUT2D eigenvalue weighted by atomic mass is 32.2. The van der Waals surface area contributed by atoms with E-state index < -0.39 is 10.0 Å². The van der Waals surface area contributed by atoms with Gasteiger partial charge in [0.05, 0.1) is 21.6 Å². The summed E-state index contributed by atoms with van der Waals surface area (Å²) >= 11 is 0. The van der Waals surface area contributed by atoms with Crippen molar-refractivity contribution in [1.82, 2.24) is 9.97 Å². The maximum Gasteiger partial charge on any atom is 0.323 e. The minimum absolute atomic E-state index is 0.269. The van der Waals surface area contributed by atoms with Gasteiger partial charge in [-0.25, -0.2) is 13.2 Å². The molecular formula is C17H17N3O3S. The van der Waals surface area contributed by atoms with Crippen molar-refractivity contribution in [3.05, 3.63) is 57.5 Å². The zero-order valence-corrected chi connectivity index (χ0v) is 14.0. The summed E-state index contributed by atoms with van der Waals surface area (Å²) in [5.41, 5.74) is 4.44. The van der Waals surface area contributed by atoms with E-state index in [-0.39, 0.29) is 10.6 Å². The van der Waals surface area contributed by atoms with E-state index in [9.17, 15) is 13.2 Å². The third-order valence-electron chi connectivity index (χ3n) is 4.49. The topological polar surface area (TPSA) is 94.8 Å². The molecule has 0 aliphatic heterocycles. The molecule has 0 bridgehead atoms. The standard InChI is InChI=1S/C17H17N3O3S/c1-10-7-15-16(19-17(21)18-15)9-14(10)20-24(22,23)13-6-5-11-3-2-4-12(11)8-13/h5-9,20H,2-4H2,1H3,(H2,18,19,21). The van der Waals surface area contributed by atoms with Crippen LogP contribution in [0.2, 0.25) is 0 Å². The predicted octanol–water partition coefficient (Wildman–Crippen LogP) is 2.45. The van der Waals surface area contributed by atoms with Gasteiger partial charge in [0.15, 0.2) is 0 Å². The molecule has 0 radical (unpaired) electrons. The third-order valence-corrected chi connectivity index (χ3v) is 5.85. The van der Waals surface area contributed by atoms with E-state index in [1.54, 1.807) is 31.2 Å². The van der Waals surface area contributed by atoms with Gasteiger partial charge in [0.1, 0.15) is 0 Å². The molecule has 6 nitrogen and oxygen atoms in total. The molecule has 0 amide bonds. The van der Waals surface area contributed by atoms with Crippen LogP contribution in [-0.4, -0.2) is 18.4 Å². The van der Waals surface area contributed by atoms with E-state index in [0.29, 0.717) is 16.7 Å². The number of aromatic amines is 2. The van der Waals surface area contributed by atoms with Crippen LogP contribution >= 0.6 is 0 Å². The van der Waals surface area contributed by atoms with Gasteiger partial charge in [0.2, 0.25) is 0 Å². The molecule has 1 aliphatic carbocycles. The molecule has 4 rings (SSSR count). The molecule has 0 unspecified atom stereocenters. The van der Waals surface area contributed by atoms with Crippen LogP contribution in [-0.2, 0) is 22.9 Å². The summed E-state index contributed by atoms with van der Waals surface area (Å²) in [5, 5.41) is 0. The zero-order chi connectivity index (χ0) is 16.9. The lowest BCUT2D eigenvalue weighted by atomic mass is 10.1. The second-order valence-electron chi connectivity index (χ2n) is 6.18. The Bertz CT molecular complexity index is 1110. The second kappa shape index (κ2) is 5.24. The molecule has 7 heteroatoms. The van der Waals surface area contributed by atoms with Gasteiger partial charge in [0.25, 0.3) is 10.0 Å². The molecule has 0 saturated heterocycles. The van der Waals surface area contributed by atoms with Gasteiger partial charge in [-0.1, -0.05) is 6.07 Å². The number of sulfonamides is 1. The monoisotopic (exact) mass is 343 g/mol. The van der Waals surface area contributed by atoms with Gasteiger partial charge in [-0.15, -0.1) is 0 Å². The van der Waals surface area contributed by atoms with Crippen molar-refractivity contribution in [2.75, 3.05) is 4.72 Å². The predicted molar refractivity (Wildman–Crippen MR) is 92.9 cm³/mol. The van der Waals surface area contributed by atoms with Crippen LogP contribution in [0, 0.1) is 6.92 Å². The highest BCUT2D eigenvalue weighted by Crippen LogP contribution is 2.27. The van der Waals surface area contributed by atoms with Crippen molar-refractivity contribution in [1.29, 1.82) is 0 Å². The molecule has 3 N–H and O–H groups in total. The molecule has 0 fully saturated rings. The Hall–Kier alpha value is -2.54. The van der Waals surface area contributed by atoms with Crippen LogP contribution < -0.4 is 10.4 Å². The van der Waals surface area contributed by atoms with Crippen LogP contribution in [0.1, 0.15) is 23.1 Å². The van der Waals surface area contributed by atoms with Crippen molar-refractivity contribution >= 4 is 26.7 Å². The molecule has 1 aromatic heterocycles. The average molecular weight is 343 g/mol. The smallest absolute Gasteiger partial charge is 0.306 e. The number of hydrogen-bond donors (Lipinski definition) is 3. The number of aryl methyl sites for hydroxylation is 3. The summed E-state index contributed by atoms with van der Waals surface area (Å²) in [7, 11) is -3.67. The number of nitrogens with one attached hydrogen (secondary N) is 3. The van der Waals surface area contributed by atoms with Crippen molar-refractivity contribution in [2.45, 2.75) is 31.1 Å². The van der Waals surface area contributed by atoms with Crippen LogP contribution in [0.25, 0.3) is 11.0 Å². The molecule has 124 valence electrons. The first-order valence-corrected chi connectivity index (χ1v) is 9.28. The van der Waals surface area contributed by atoms with E-state index in [4.69, 9.17) is 0 Å². The lowest BCUT2D eigenvalue weighted by molar-refractivity contribution is 0.601. The Labute approximate surface area is 139 Å². The van der Waals surface area contributed by atoms with E-state index in [2.05, 4.69) is 14.7 Å². The Morgan fingerprint density at radius 1 is 1.00 bits per heavy atom. The molecule has 3 aromatic rings. The van der Waals surface area contributed by atoms with Crippen LogP contribution in [0.3, 0.4) is 0 Å². The van der Waals surface area contributed by atoms with E-state index in [1.807, 2.05) is 6.07 Å². The first-order chi connectivity index (χ1) is 11.4. The number of imidazole rings is 1. The number of H-pyrrole nitrogens is 2. The summed E-state index contributed by atoms with van der Waals surface area (Å²) in [4.78, 5) is 16.9. The molecule has 0 spiro atoms. The highest BCUT2D eigenvalue weighted by molar-refractivity contribution is 7.92. The number of anilines is 1. The molecule has 1 aliphatic rings. The zero-order valence-electron chi connectivity index (χ0n) is 13.1. The number of hydrogen-bond acceptors (Lipinski definition) is 3. The number of benzene rings is 2. The fourth-order valence-electron chi connectivity index (χ4n) is 3.22. The molecule has 2 aromatic carbocycles. The quantitative estimate of drug-likeness (QED) is 0.682. The fraction of sp³-hybridized carbons (Fsp3) is 0.235. The maximum absolute atomic E-state index is 12.7. The van der Waals surface area contributed by atoms with Crippen molar-refractivity contribution in [3.63, 3.8) is 0 Å². The SMILES string of the molecule is Cc1cc2[nH]c(=O)[nH]c2cc1NS(=O)(=O)c1ccc2c(c1)CCC2. The van der Waals surface area contributed by atoms with Crippen molar-refractivity contribution in [2.24, 2.45) is 0 Å². The second-order valence-corrected chi connectivity index (χ2v) is 7.86. The van der Waals surface area contributed by atoms with Crippen LogP contribution in [0.15, 0.2) is 40.0 Å². The Balaban J connectivity index is 1.73. The van der Waals surface area contributed by atoms with Gasteiger partial charge in [-0.05, 0) is 67.1 Å². The molecule has 0 saturated carbocycles. The van der Waals surface area contributed by atoms with E-state index in [0.717, 1.165) is 30.4 Å². The highest BCUT2D eigenvalue weighted by Gasteiger charge is 2.19. The molecule has 1 heterocycles. The van der Waals surface area contributed by atoms with Crippen LogP contribution in [0.4, 0.5) is 5.69 Å². The van der Waals surface area contributed by atoms with Gasteiger partial charge >= 0.3 is 5.69 Å². The summed E-state index contributed by atoms with van der Waals surface area (Å²) in [6, 6.07) is 8.69. The average Bonchev–Trinajstić information content (AvgIpc) is 3.11. The Morgan fingerprint density at radius 3 is 2.50 bits per heavy atom. The van der Waals surface area contributed by atoms with E-state index in [1.165, 1.54) is 5.56 Å². The van der Waals surface area contributed by atoms with E-state index >= 15 is 0 Å². The molecule has 0 atom stereocenters. The number of aromatic nitrogens is 2. The van der Waals surface area contributed by atoms with Gasteiger partial charge in [-0.2, -0.15) is 0 Å². The van der Waals surface area contributed by atoms with Gasteiger partial charge in [0, 0.05) is 0 Å². The lowest BCUT2D eigenvalue weighted by Crippen LogP contribution is -2.14. The summed E-state index contributed by atoms with van der Waals surface area (Å²) < 4.78 is 28.0. The Morgan fingerprint density at radius 2 is 1.71 bits per heavy atom. The molecule has 24 heavy (non-hydrogen) atoms. The summed E-state index contributed by atoms with van der Waals surface area (Å²) in [6.45, 7) is 1.80. The van der Waals surface area contributed by atoms with Gasteiger partial charge in [-0.3, -0.25) is 4.72 Å². The normalized spacial score (nSPS) is 14.0. The summed E-state index contributed by atoms with van der Waals surface area (Å²) in [5.74, 6) is 0. The maximum atomic E-state index is 12.7. The van der Waals surface area contributed by atoms with Gasteiger partial charge < -0.3 is 9.97 Å². The summed E-state index contributed by atoms with van der Waals surface area (Å²) in [6.07, 6.45) is 3.01.